The molecule has 2 aromatic carbocycles. The van der Waals surface area contributed by atoms with Gasteiger partial charge in [0.1, 0.15) is 0 Å². The van der Waals surface area contributed by atoms with Crippen LogP contribution in [0.15, 0.2) is 78.0 Å². The summed E-state index contributed by atoms with van der Waals surface area (Å²) in [5.74, 6) is 0. The van der Waals surface area contributed by atoms with E-state index < -0.39 is 16.1 Å². The van der Waals surface area contributed by atoms with Gasteiger partial charge in [-0.25, -0.2) is 17.9 Å². The van der Waals surface area contributed by atoms with Crippen LogP contribution in [0.4, 0.5) is 16.2 Å². The van der Waals surface area contributed by atoms with Crippen molar-refractivity contribution >= 4 is 27.4 Å². The Morgan fingerprint density at radius 3 is 2.45 bits per heavy atom. The SMILES string of the molecule is Cc1cccc(Nc2cc[n+](Cc3ccccc3)cc2S(=O)(=O)NC(=O)NC(C)C)c1. The molecule has 2 amide bonds. The molecule has 3 aromatic rings. The van der Waals surface area contributed by atoms with Crippen LogP contribution in [0.3, 0.4) is 0 Å². The second-order valence-corrected chi connectivity index (χ2v) is 9.26. The van der Waals surface area contributed by atoms with E-state index in [4.69, 9.17) is 0 Å². The van der Waals surface area contributed by atoms with E-state index in [-0.39, 0.29) is 10.9 Å². The topological polar surface area (TPSA) is 91.2 Å². The summed E-state index contributed by atoms with van der Waals surface area (Å²) in [4.78, 5) is 12.1. The van der Waals surface area contributed by atoms with Gasteiger partial charge in [-0.3, -0.25) is 0 Å². The van der Waals surface area contributed by atoms with Crippen molar-refractivity contribution < 1.29 is 17.8 Å². The number of hydrogen-bond acceptors (Lipinski definition) is 4. The third kappa shape index (κ3) is 6.29. The Morgan fingerprint density at radius 2 is 1.77 bits per heavy atom. The van der Waals surface area contributed by atoms with E-state index in [1.54, 1.807) is 30.7 Å². The Morgan fingerprint density at radius 1 is 1.03 bits per heavy atom. The fourth-order valence-electron chi connectivity index (χ4n) is 3.07. The molecule has 0 radical (unpaired) electrons. The zero-order chi connectivity index (χ0) is 22.4. The smallest absolute Gasteiger partial charge is 0.328 e. The summed E-state index contributed by atoms with van der Waals surface area (Å²) in [6.07, 6.45) is 3.33. The molecule has 0 aliphatic heterocycles. The van der Waals surface area contributed by atoms with Crippen LogP contribution in [0.2, 0.25) is 0 Å². The van der Waals surface area contributed by atoms with Crippen LogP contribution < -0.4 is 19.9 Å². The highest BCUT2D eigenvalue weighted by atomic mass is 32.2. The van der Waals surface area contributed by atoms with Gasteiger partial charge in [-0.2, -0.15) is 4.57 Å². The van der Waals surface area contributed by atoms with Crippen LogP contribution in [-0.4, -0.2) is 20.5 Å². The van der Waals surface area contributed by atoms with Gasteiger partial charge in [0.05, 0.1) is 5.69 Å². The summed E-state index contributed by atoms with van der Waals surface area (Å²) < 4.78 is 30.0. The molecule has 0 unspecified atom stereocenters. The Kier molecular flexibility index (Phi) is 6.91. The molecule has 0 aliphatic rings. The Bertz CT molecular complexity index is 1160. The number of anilines is 2. The van der Waals surface area contributed by atoms with E-state index in [1.165, 1.54) is 6.20 Å². The predicted octanol–water partition coefficient (Wildman–Crippen LogP) is 3.47. The Balaban J connectivity index is 1.98. The van der Waals surface area contributed by atoms with Crippen LogP contribution in [0.1, 0.15) is 25.0 Å². The number of rotatable bonds is 7. The van der Waals surface area contributed by atoms with Crippen molar-refractivity contribution in [2.24, 2.45) is 0 Å². The number of urea groups is 1. The third-order valence-electron chi connectivity index (χ3n) is 4.42. The second kappa shape index (κ2) is 9.61. The molecule has 0 atom stereocenters. The Hall–Kier alpha value is -3.39. The summed E-state index contributed by atoms with van der Waals surface area (Å²) in [5, 5.41) is 5.70. The van der Waals surface area contributed by atoms with Crippen molar-refractivity contribution in [2.45, 2.75) is 38.3 Å². The molecule has 0 bridgehead atoms. The number of nitrogens with one attached hydrogen (secondary N) is 3. The zero-order valence-electron chi connectivity index (χ0n) is 17.8. The van der Waals surface area contributed by atoms with Gasteiger partial charge in [0.2, 0.25) is 0 Å². The lowest BCUT2D eigenvalue weighted by atomic mass is 10.2. The van der Waals surface area contributed by atoms with Crippen LogP contribution in [-0.2, 0) is 16.6 Å². The lowest BCUT2D eigenvalue weighted by Gasteiger charge is -2.14. The highest BCUT2D eigenvalue weighted by Gasteiger charge is 2.26. The second-order valence-electron chi connectivity index (χ2n) is 7.61. The summed E-state index contributed by atoms with van der Waals surface area (Å²) in [6, 6.07) is 18.1. The maximum atomic E-state index is 13.1. The van der Waals surface area contributed by atoms with Gasteiger partial charge < -0.3 is 10.6 Å². The molecule has 0 saturated carbocycles. The van der Waals surface area contributed by atoms with Crippen LogP contribution >= 0.6 is 0 Å². The van der Waals surface area contributed by atoms with E-state index in [2.05, 4.69) is 15.4 Å². The van der Waals surface area contributed by atoms with Crippen LogP contribution in [0.25, 0.3) is 0 Å². The zero-order valence-corrected chi connectivity index (χ0v) is 18.6. The molecule has 162 valence electrons. The molecule has 0 spiro atoms. The number of carbonyl (C=O) groups excluding carboxylic acids is 1. The fourth-order valence-corrected chi connectivity index (χ4v) is 4.17. The number of nitrogens with zero attached hydrogens (tertiary/aromatic N) is 1. The lowest BCUT2D eigenvalue weighted by Crippen LogP contribution is -2.43. The fraction of sp³-hybridized carbons (Fsp3) is 0.217. The summed E-state index contributed by atoms with van der Waals surface area (Å²) in [6.45, 7) is 5.96. The molecule has 0 saturated heterocycles. The van der Waals surface area contributed by atoms with Crippen LogP contribution in [0.5, 0.6) is 0 Å². The average Bonchev–Trinajstić information content (AvgIpc) is 2.69. The molecule has 1 heterocycles. The molecular formula is C23H27N4O3S+. The minimum Gasteiger partial charge on any atom is -0.354 e. The van der Waals surface area contributed by atoms with E-state index in [9.17, 15) is 13.2 Å². The normalized spacial score (nSPS) is 11.2. The minimum absolute atomic E-state index is 0.0219. The van der Waals surface area contributed by atoms with Crippen molar-refractivity contribution in [3.63, 3.8) is 0 Å². The number of carbonyl (C=O) groups is 1. The number of sulfonamides is 1. The molecule has 3 rings (SSSR count). The molecule has 0 aliphatic carbocycles. The van der Waals surface area contributed by atoms with E-state index in [0.29, 0.717) is 12.2 Å². The first-order valence-electron chi connectivity index (χ1n) is 9.97. The molecular weight excluding hydrogens is 412 g/mol. The number of benzene rings is 2. The number of pyridine rings is 1. The molecule has 7 nitrogen and oxygen atoms in total. The van der Waals surface area contributed by atoms with Crippen LogP contribution in [0, 0.1) is 6.92 Å². The van der Waals surface area contributed by atoms with E-state index in [0.717, 1.165) is 16.8 Å². The van der Waals surface area contributed by atoms with Crippen molar-refractivity contribution in [3.8, 4) is 0 Å². The molecule has 0 fully saturated rings. The number of amides is 2. The quantitative estimate of drug-likeness (QED) is 0.492. The van der Waals surface area contributed by atoms with Gasteiger partial charge in [0.25, 0.3) is 10.0 Å². The standard InChI is InChI=1S/C23H26N4O3S/c1-17(2)24-23(28)26-31(29,30)22-16-27(15-19-9-5-4-6-10-19)13-12-21(22)25-20-11-7-8-18(3)14-20/h4-14,16-17H,15H2,1-3H3,(H2,24,26,28)/p+1. The van der Waals surface area contributed by atoms with Gasteiger partial charge in [0.15, 0.2) is 23.8 Å². The molecule has 8 heteroatoms. The number of aryl methyl sites for hydroxylation is 1. The number of aromatic nitrogens is 1. The summed E-state index contributed by atoms with van der Waals surface area (Å²) >= 11 is 0. The highest BCUT2D eigenvalue weighted by molar-refractivity contribution is 7.90. The van der Waals surface area contributed by atoms with Crippen molar-refractivity contribution in [1.29, 1.82) is 0 Å². The first-order valence-corrected chi connectivity index (χ1v) is 11.5. The Labute approximate surface area is 183 Å². The largest absolute Gasteiger partial charge is 0.354 e. The van der Waals surface area contributed by atoms with E-state index in [1.807, 2.05) is 61.5 Å². The predicted molar refractivity (Wildman–Crippen MR) is 121 cm³/mol. The van der Waals surface area contributed by atoms with Gasteiger partial charge >= 0.3 is 6.03 Å². The first-order chi connectivity index (χ1) is 14.7. The van der Waals surface area contributed by atoms with Gasteiger partial charge in [-0.15, -0.1) is 0 Å². The molecule has 31 heavy (non-hydrogen) atoms. The number of hydrogen-bond donors (Lipinski definition) is 3. The summed E-state index contributed by atoms with van der Waals surface area (Å²) in [5.41, 5.74) is 3.20. The maximum Gasteiger partial charge on any atom is 0.328 e. The lowest BCUT2D eigenvalue weighted by molar-refractivity contribution is -0.690. The van der Waals surface area contributed by atoms with Gasteiger partial charge in [-0.1, -0.05) is 42.5 Å². The molecule has 3 N–H and O–H groups in total. The molecule has 1 aromatic heterocycles. The maximum absolute atomic E-state index is 13.1. The third-order valence-corrected chi connectivity index (χ3v) is 5.78. The monoisotopic (exact) mass is 439 g/mol. The van der Waals surface area contributed by atoms with Crippen molar-refractivity contribution in [3.05, 3.63) is 84.2 Å². The van der Waals surface area contributed by atoms with E-state index >= 15 is 0 Å². The van der Waals surface area contributed by atoms with Crippen molar-refractivity contribution in [1.82, 2.24) is 10.0 Å². The van der Waals surface area contributed by atoms with Gasteiger partial charge in [0, 0.05) is 23.4 Å². The average molecular weight is 440 g/mol. The minimum atomic E-state index is -4.13. The first kappa shape index (κ1) is 22.3. The highest BCUT2D eigenvalue weighted by Crippen LogP contribution is 2.24. The van der Waals surface area contributed by atoms with Gasteiger partial charge in [-0.05, 0) is 38.5 Å². The summed E-state index contributed by atoms with van der Waals surface area (Å²) in [7, 11) is -4.13. The van der Waals surface area contributed by atoms with Crippen molar-refractivity contribution in [2.75, 3.05) is 5.32 Å².